The highest BCUT2D eigenvalue weighted by atomic mass is 32.1. The van der Waals surface area contributed by atoms with Crippen LogP contribution in [0.2, 0.25) is 0 Å². The summed E-state index contributed by atoms with van der Waals surface area (Å²) in [6.07, 6.45) is 1.12. The normalized spacial score (nSPS) is 10.8. The molecule has 0 aliphatic rings. The van der Waals surface area contributed by atoms with Gasteiger partial charge in [0.1, 0.15) is 5.75 Å². The maximum atomic E-state index is 9.55. The zero-order valence-corrected chi connectivity index (χ0v) is 15.6. The van der Waals surface area contributed by atoms with Crippen molar-refractivity contribution in [2.45, 2.75) is 13.5 Å². The van der Waals surface area contributed by atoms with E-state index in [4.69, 9.17) is 20.7 Å². The molecule has 2 aromatic rings. The first-order valence-corrected chi connectivity index (χ1v) is 8.44. The Bertz CT molecular complexity index is 816. The summed E-state index contributed by atoms with van der Waals surface area (Å²) in [7, 11) is 1.64. The second-order valence-electron chi connectivity index (χ2n) is 4.94. The number of aryl methyl sites for hydroxylation is 1. The molecule has 0 atom stereocenters. The second kappa shape index (κ2) is 11.3. The van der Waals surface area contributed by atoms with Gasteiger partial charge in [-0.25, -0.2) is 19.6 Å². The molecule has 0 fully saturated rings. The fourth-order valence-corrected chi connectivity index (χ4v) is 2.40. The van der Waals surface area contributed by atoms with Crippen molar-refractivity contribution in [1.29, 1.82) is 0 Å². The van der Waals surface area contributed by atoms with Crippen LogP contribution in [0.15, 0.2) is 46.8 Å². The summed E-state index contributed by atoms with van der Waals surface area (Å²) < 4.78 is 5.26. The fourth-order valence-electron chi connectivity index (χ4n) is 1.71. The maximum Gasteiger partial charge on any atom is 0.328 e. The monoisotopic (exact) mass is 392 g/mol. The van der Waals surface area contributed by atoms with Crippen molar-refractivity contribution in [3.05, 3.63) is 53.1 Å². The number of nitrogens with zero attached hydrogens (tertiary/aromatic N) is 2. The van der Waals surface area contributed by atoms with Crippen molar-refractivity contribution in [2.75, 3.05) is 12.4 Å². The number of nitrogens with two attached hydrogens (primary N) is 1. The van der Waals surface area contributed by atoms with E-state index in [2.05, 4.69) is 15.3 Å². The first kappa shape index (κ1) is 21.6. The largest absolute Gasteiger partial charge is 0.496 e. The van der Waals surface area contributed by atoms with Gasteiger partial charge < -0.3 is 26.0 Å². The van der Waals surface area contributed by atoms with Crippen LogP contribution in [0.4, 0.5) is 5.13 Å². The summed E-state index contributed by atoms with van der Waals surface area (Å²) in [5.74, 6) is -1.36. The Hall–Kier alpha value is -3.40. The first-order valence-electron chi connectivity index (χ1n) is 7.56. The Morgan fingerprint density at radius 1 is 1.30 bits per heavy atom. The van der Waals surface area contributed by atoms with Crippen LogP contribution in [0.5, 0.6) is 5.75 Å². The van der Waals surface area contributed by atoms with Gasteiger partial charge in [0.2, 0.25) is 0 Å². The van der Waals surface area contributed by atoms with Crippen LogP contribution in [0.1, 0.15) is 11.3 Å². The number of hydrogen-bond acceptors (Lipinski definition) is 6. The lowest BCUT2D eigenvalue weighted by molar-refractivity contribution is -0.134. The van der Waals surface area contributed by atoms with Crippen molar-refractivity contribution in [1.82, 2.24) is 4.98 Å². The van der Waals surface area contributed by atoms with E-state index in [1.54, 1.807) is 7.11 Å². The van der Waals surface area contributed by atoms with Crippen molar-refractivity contribution in [2.24, 2.45) is 10.7 Å². The van der Waals surface area contributed by atoms with E-state index in [0.717, 1.165) is 22.1 Å². The standard InChI is InChI=1S/C13H16N4OS.C4H4O4/c1-9-8-19-13(16-9)17-12(14)15-7-10-5-3-4-6-11(10)18-2;5-3(6)1-2-4(7)8/h3-6,8H,7H2,1-2H3,(H3,14,15,16,17);1-2H,(H,5,6)(H,7,8). The van der Waals surface area contributed by atoms with Crippen LogP contribution in [0.25, 0.3) is 0 Å². The molecule has 5 N–H and O–H groups in total. The molecule has 9 nitrogen and oxygen atoms in total. The van der Waals surface area contributed by atoms with Crippen molar-refractivity contribution < 1.29 is 24.5 Å². The number of carboxylic acids is 2. The van der Waals surface area contributed by atoms with Crippen molar-refractivity contribution in [3.8, 4) is 5.75 Å². The highest BCUT2D eigenvalue weighted by Crippen LogP contribution is 2.18. The highest BCUT2D eigenvalue weighted by molar-refractivity contribution is 7.13. The number of hydrogen-bond donors (Lipinski definition) is 4. The summed E-state index contributed by atoms with van der Waals surface area (Å²) in [6, 6.07) is 7.73. The fraction of sp³-hybridized carbons (Fsp3) is 0.176. The molecule has 1 aromatic carbocycles. The summed E-state index contributed by atoms with van der Waals surface area (Å²) in [4.78, 5) is 27.6. The number of para-hydroxylation sites is 1. The van der Waals surface area contributed by atoms with Crippen LogP contribution in [0.3, 0.4) is 0 Å². The third-order valence-electron chi connectivity index (χ3n) is 2.83. The highest BCUT2D eigenvalue weighted by Gasteiger charge is 2.02. The second-order valence-corrected chi connectivity index (χ2v) is 5.80. The van der Waals surface area contributed by atoms with Gasteiger partial charge in [-0.15, -0.1) is 11.3 Å². The van der Waals surface area contributed by atoms with Crippen LogP contribution < -0.4 is 15.8 Å². The molecule has 0 amide bonds. The molecular weight excluding hydrogens is 372 g/mol. The number of nitrogens with one attached hydrogen (secondary N) is 1. The lowest BCUT2D eigenvalue weighted by Crippen LogP contribution is -2.22. The summed E-state index contributed by atoms with van der Waals surface area (Å²) in [5.41, 5.74) is 7.77. The molecule has 0 saturated carbocycles. The summed E-state index contributed by atoms with van der Waals surface area (Å²) in [5, 5.41) is 21.3. The number of carbonyl (C=O) groups is 2. The van der Waals surface area contributed by atoms with Crippen LogP contribution in [-0.4, -0.2) is 40.2 Å². The molecule has 2 rings (SSSR count). The Kier molecular flexibility index (Phi) is 9.03. The van der Waals surface area contributed by atoms with Gasteiger partial charge in [-0.2, -0.15) is 0 Å². The number of anilines is 1. The molecule has 1 heterocycles. The van der Waals surface area contributed by atoms with Gasteiger partial charge >= 0.3 is 11.9 Å². The van der Waals surface area contributed by atoms with E-state index < -0.39 is 11.9 Å². The summed E-state index contributed by atoms with van der Waals surface area (Å²) in [6.45, 7) is 2.40. The smallest absolute Gasteiger partial charge is 0.328 e. The van der Waals surface area contributed by atoms with Gasteiger partial charge in [0.05, 0.1) is 19.3 Å². The zero-order valence-electron chi connectivity index (χ0n) is 14.7. The minimum absolute atomic E-state index is 0.347. The molecule has 1 aromatic heterocycles. The molecule has 0 aliphatic heterocycles. The first-order chi connectivity index (χ1) is 12.8. The minimum Gasteiger partial charge on any atom is -0.496 e. The molecule has 0 radical (unpaired) electrons. The molecule has 27 heavy (non-hydrogen) atoms. The maximum absolute atomic E-state index is 9.55. The van der Waals surface area contributed by atoms with E-state index in [0.29, 0.717) is 24.7 Å². The number of ether oxygens (including phenoxy) is 1. The zero-order chi connectivity index (χ0) is 20.2. The van der Waals surface area contributed by atoms with Gasteiger partial charge in [-0.05, 0) is 13.0 Å². The molecular formula is C17H20N4O5S. The number of thiazole rings is 1. The Labute approximate surface area is 159 Å². The predicted molar refractivity (Wildman–Crippen MR) is 103 cm³/mol. The van der Waals surface area contributed by atoms with Gasteiger partial charge in [0, 0.05) is 23.1 Å². The van der Waals surface area contributed by atoms with E-state index in [9.17, 15) is 9.59 Å². The quantitative estimate of drug-likeness (QED) is 0.332. The molecule has 10 heteroatoms. The number of aliphatic carboxylic acids is 2. The molecule has 0 spiro atoms. The number of carboxylic acid groups (broad SMARTS) is 2. The molecule has 0 unspecified atom stereocenters. The average Bonchev–Trinajstić information content (AvgIpc) is 3.03. The van der Waals surface area contributed by atoms with Gasteiger partial charge in [0.25, 0.3) is 0 Å². The van der Waals surface area contributed by atoms with Crippen molar-refractivity contribution in [3.63, 3.8) is 0 Å². The van der Waals surface area contributed by atoms with Crippen LogP contribution in [-0.2, 0) is 16.1 Å². The van der Waals surface area contributed by atoms with E-state index >= 15 is 0 Å². The van der Waals surface area contributed by atoms with E-state index in [1.165, 1.54) is 11.3 Å². The van der Waals surface area contributed by atoms with Crippen molar-refractivity contribution >= 4 is 34.4 Å². The topological polar surface area (TPSA) is 147 Å². The molecule has 0 bridgehead atoms. The van der Waals surface area contributed by atoms with Gasteiger partial charge in [-0.3, -0.25) is 0 Å². The molecule has 0 aliphatic carbocycles. The lowest BCUT2D eigenvalue weighted by atomic mass is 10.2. The van der Waals surface area contributed by atoms with E-state index in [-0.39, 0.29) is 0 Å². The van der Waals surface area contributed by atoms with Gasteiger partial charge in [-0.1, -0.05) is 18.2 Å². The third kappa shape index (κ3) is 9.02. The molecule has 144 valence electrons. The number of aromatic nitrogens is 1. The lowest BCUT2D eigenvalue weighted by Gasteiger charge is -2.06. The Balaban J connectivity index is 0.000000387. The average molecular weight is 392 g/mol. The SMILES string of the molecule is COc1ccccc1CN=C(N)Nc1nc(C)cs1.O=C(O)C=CC(=O)O. The number of guanidine groups is 1. The molecule has 0 saturated heterocycles. The predicted octanol–water partition coefficient (Wildman–Crippen LogP) is 2.10. The Morgan fingerprint density at radius 2 is 1.93 bits per heavy atom. The number of benzene rings is 1. The number of methoxy groups -OCH3 is 1. The number of rotatable bonds is 6. The van der Waals surface area contributed by atoms with Crippen LogP contribution >= 0.6 is 11.3 Å². The van der Waals surface area contributed by atoms with E-state index in [1.807, 2.05) is 36.6 Å². The minimum atomic E-state index is -1.26. The van der Waals surface area contributed by atoms with Gasteiger partial charge in [0.15, 0.2) is 11.1 Å². The third-order valence-corrected chi connectivity index (χ3v) is 3.71. The summed E-state index contributed by atoms with van der Waals surface area (Å²) >= 11 is 1.50. The van der Waals surface area contributed by atoms with Crippen LogP contribution in [0, 0.1) is 6.92 Å². The Morgan fingerprint density at radius 3 is 2.44 bits per heavy atom. The number of aliphatic imine (C=N–C) groups is 1.